The summed E-state index contributed by atoms with van der Waals surface area (Å²) in [7, 11) is 2.10. The van der Waals surface area contributed by atoms with E-state index in [0.717, 1.165) is 58.4 Å². The van der Waals surface area contributed by atoms with E-state index in [9.17, 15) is 9.59 Å². The highest BCUT2D eigenvalue weighted by molar-refractivity contribution is 5.81. The van der Waals surface area contributed by atoms with Crippen LogP contribution >= 0.6 is 0 Å². The topological polar surface area (TPSA) is 72.9 Å². The zero-order valence-corrected chi connectivity index (χ0v) is 17.4. The lowest BCUT2D eigenvalue weighted by molar-refractivity contribution is -0.143. The Hall–Kier alpha value is -2.22. The van der Waals surface area contributed by atoms with Crippen LogP contribution in [0.3, 0.4) is 0 Å². The standard InChI is InChI=1S/C21H32N6O2/c1-24-12-14-26(15-13-24)19(28)17-5-10-25(11-6-17)20(29)18-4-2-9-27(16-18)21-22-7-3-8-23-21/h3,7-8,17-18H,2,4-6,9-16H2,1H3. The summed E-state index contributed by atoms with van der Waals surface area (Å²) in [6.07, 6.45) is 6.96. The third-order valence-corrected chi connectivity index (χ3v) is 6.58. The zero-order valence-electron chi connectivity index (χ0n) is 17.4. The molecule has 3 aliphatic heterocycles. The van der Waals surface area contributed by atoms with E-state index in [1.807, 2.05) is 15.9 Å². The van der Waals surface area contributed by atoms with Crippen molar-refractivity contribution in [3.63, 3.8) is 0 Å². The molecule has 0 spiro atoms. The van der Waals surface area contributed by atoms with E-state index in [1.54, 1.807) is 12.4 Å². The molecule has 1 atom stereocenters. The normalized spacial score (nSPS) is 24.6. The van der Waals surface area contributed by atoms with Gasteiger partial charge in [0.15, 0.2) is 0 Å². The van der Waals surface area contributed by atoms with Gasteiger partial charge in [0, 0.05) is 70.7 Å². The number of hydrogen-bond donors (Lipinski definition) is 0. The van der Waals surface area contributed by atoms with Gasteiger partial charge in [0.1, 0.15) is 0 Å². The number of likely N-dealkylation sites (N-methyl/N-ethyl adjacent to an activating group) is 1. The molecule has 0 aliphatic carbocycles. The van der Waals surface area contributed by atoms with Gasteiger partial charge in [-0.05, 0) is 38.8 Å². The summed E-state index contributed by atoms with van der Waals surface area (Å²) < 4.78 is 0. The van der Waals surface area contributed by atoms with Crippen molar-refractivity contribution in [3.05, 3.63) is 18.5 Å². The highest BCUT2D eigenvalue weighted by Crippen LogP contribution is 2.26. The Labute approximate surface area is 172 Å². The fourth-order valence-corrected chi connectivity index (χ4v) is 4.70. The summed E-state index contributed by atoms with van der Waals surface area (Å²) in [5.74, 6) is 1.30. The van der Waals surface area contributed by atoms with Gasteiger partial charge in [-0.2, -0.15) is 0 Å². The Kier molecular flexibility index (Phi) is 6.28. The number of carbonyl (C=O) groups excluding carboxylic acids is 2. The summed E-state index contributed by atoms with van der Waals surface area (Å²) in [6.45, 7) is 6.53. The van der Waals surface area contributed by atoms with Crippen LogP contribution in [0.2, 0.25) is 0 Å². The van der Waals surface area contributed by atoms with E-state index in [0.29, 0.717) is 25.6 Å². The number of rotatable bonds is 3. The van der Waals surface area contributed by atoms with Crippen LogP contribution in [0.1, 0.15) is 25.7 Å². The van der Waals surface area contributed by atoms with Crippen molar-refractivity contribution in [2.24, 2.45) is 11.8 Å². The van der Waals surface area contributed by atoms with E-state index in [-0.39, 0.29) is 23.7 Å². The second-order valence-electron chi connectivity index (χ2n) is 8.56. The number of amides is 2. The Balaban J connectivity index is 1.28. The van der Waals surface area contributed by atoms with Gasteiger partial charge in [0.2, 0.25) is 17.8 Å². The minimum atomic E-state index is -0.00237. The summed E-state index contributed by atoms with van der Waals surface area (Å²) in [5.41, 5.74) is 0. The molecule has 29 heavy (non-hydrogen) atoms. The molecule has 0 N–H and O–H groups in total. The fourth-order valence-electron chi connectivity index (χ4n) is 4.70. The molecule has 0 bridgehead atoms. The smallest absolute Gasteiger partial charge is 0.227 e. The van der Waals surface area contributed by atoms with Crippen LogP contribution in [0.15, 0.2) is 18.5 Å². The molecule has 0 saturated carbocycles. The maximum absolute atomic E-state index is 13.1. The Bertz CT molecular complexity index is 698. The quantitative estimate of drug-likeness (QED) is 0.744. The molecule has 0 radical (unpaired) electrons. The molecule has 1 unspecified atom stereocenters. The second-order valence-corrected chi connectivity index (χ2v) is 8.56. The molecule has 8 heteroatoms. The van der Waals surface area contributed by atoms with Crippen LogP contribution in [-0.4, -0.2) is 95.9 Å². The van der Waals surface area contributed by atoms with Crippen LogP contribution in [0.25, 0.3) is 0 Å². The minimum absolute atomic E-state index is 0.00237. The molecule has 8 nitrogen and oxygen atoms in total. The van der Waals surface area contributed by atoms with Crippen LogP contribution in [-0.2, 0) is 9.59 Å². The lowest BCUT2D eigenvalue weighted by atomic mass is 9.92. The van der Waals surface area contributed by atoms with E-state index >= 15 is 0 Å². The Morgan fingerprint density at radius 1 is 0.828 bits per heavy atom. The number of piperidine rings is 2. The van der Waals surface area contributed by atoms with Crippen LogP contribution in [0, 0.1) is 11.8 Å². The van der Waals surface area contributed by atoms with Crippen LogP contribution in [0.5, 0.6) is 0 Å². The largest absolute Gasteiger partial charge is 0.342 e. The lowest BCUT2D eigenvalue weighted by Crippen LogP contribution is -2.52. The molecule has 158 valence electrons. The average Bonchev–Trinajstić information content (AvgIpc) is 2.79. The molecular formula is C21H32N6O2. The summed E-state index contributed by atoms with van der Waals surface area (Å²) >= 11 is 0. The number of nitrogens with zero attached hydrogens (tertiary/aromatic N) is 6. The first-order valence-electron chi connectivity index (χ1n) is 10.9. The van der Waals surface area contributed by atoms with Gasteiger partial charge >= 0.3 is 0 Å². The molecule has 3 fully saturated rings. The summed E-state index contributed by atoms with van der Waals surface area (Å²) in [4.78, 5) is 43.0. The predicted molar refractivity (Wildman–Crippen MR) is 110 cm³/mol. The number of anilines is 1. The van der Waals surface area contributed by atoms with Crippen molar-refractivity contribution in [2.45, 2.75) is 25.7 Å². The van der Waals surface area contributed by atoms with Crippen molar-refractivity contribution >= 4 is 17.8 Å². The highest BCUT2D eigenvalue weighted by Gasteiger charge is 2.35. The van der Waals surface area contributed by atoms with Gasteiger partial charge in [-0.15, -0.1) is 0 Å². The monoisotopic (exact) mass is 400 g/mol. The number of carbonyl (C=O) groups is 2. The first-order valence-corrected chi connectivity index (χ1v) is 10.9. The molecule has 1 aromatic rings. The maximum Gasteiger partial charge on any atom is 0.227 e. The molecule has 3 aliphatic rings. The lowest BCUT2D eigenvalue weighted by Gasteiger charge is -2.39. The molecule has 0 aromatic carbocycles. The van der Waals surface area contributed by atoms with Crippen molar-refractivity contribution in [1.29, 1.82) is 0 Å². The van der Waals surface area contributed by atoms with Gasteiger partial charge in [0.25, 0.3) is 0 Å². The molecule has 3 saturated heterocycles. The van der Waals surface area contributed by atoms with Crippen molar-refractivity contribution in [1.82, 2.24) is 24.7 Å². The summed E-state index contributed by atoms with van der Waals surface area (Å²) in [6, 6.07) is 1.81. The second kappa shape index (κ2) is 9.07. The van der Waals surface area contributed by atoms with Crippen molar-refractivity contribution < 1.29 is 9.59 Å². The first kappa shape index (κ1) is 20.1. The van der Waals surface area contributed by atoms with E-state index in [1.165, 1.54) is 0 Å². The van der Waals surface area contributed by atoms with Crippen LogP contribution < -0.4 is 4.90 Å². The number of hydrogen-bond acceptors (Lipinski definition) is 6. The fraction of sp³-hybridized carbons (Fsp3) is 0.714. The molecular weight excluding hydrogens is 368 g/mol. The molecule has 1 aromatic heterocycles. The highest BCUT2D eigenvalue weighted by atomic mass is 16.2. The molecule has 4 rings (SSSR count). The van der Waals surface area contributed by atoms with Crippen LogP contribution in [0.4, 0.5) is 5.95 Å². The van der Waals surface area contributed by atoms with Gasteiger partial charge in [0.05, 0.1) is 5.92 Å². The molecule has 4 heterocycles. The van der Waals surface area contributed by atoms with Crippen molar-refractivity contribution in [2.75, 3.05) is 64.3 Å². The Morgan fingerprint density at radius 2 is 1.45 bits per heavy atom. The van der Waals surface area contributed by atoms with E-state index in [4.69, 9.17) is 0 Å². The average molecular weight is 401 g/mol. The third-order valence-electron chi connectivity index (χ3n) is 6.58. The third kappa shape index (κ3) is 4.69. The number of aromatic nitrogens is 2. The number of piperazine rings is 1. The van der Waals surface area contributed by atoms with Gasteiger partial charge < -0.3 is 19.6 Å². The molecule has 2 amide bonds. The minimum Gasteiger partial charge on any atom is -0.342 e. The van der Waals surface area contributed by atoms with Gasteiger partial charge in [-0.1, -0.05) is 0 Å². The first-order chi connectivity index (χ1) is 14.1. The zero-order chi connectivity index (χ0) is 20.2. The van der Waals surface area contributed by atoms with E-state index in [2.05, 4.69) is 26.8 Å². The summed E-state index contributed by atoms with van der Waals surface area (Å²) in [5, 5.41) is 0. The maximum atomic E-state index is 13.1. The predicted octanol–water partition coefficient (Wildman–Crippen LogP) is 0.706. The SMILES string of the molecule is CN1CCN(C(=O)C2CCN(C(=O)C3CCCN(c4ncccn4)C3)CC2)CC1. The Morgan fingerprint density at radius 3 is 2.14 bits per heavy atom. The van der Waals surface area contributed by atoms with Gasteiger partial charge in [-0.25, -0.2) is 9.97 Å². The van der Waals surface area contributed by atoms with E-state index < -0.39 is 0 Å². The van der Waals surface area contributed by atoms with Crippen molar-refractivity contribution in [3.8, 4) is 0 Å². The van der Waals surface area contributed by atoms with Gasteiger partial charge in [-0.3, -0.25) is 9.59 Å². The number of likely N-dealkylation sites (tertiary alicyclic amines) is 1.